The van der Waals surface area contributed by atoms with Gasteiger partial charge in [0.05, 0.1) is 10.6 Å². The van der Waals surface area contributed by atoms with Crippen molar-refractivity contribution in [1.82, 2.24) is 25.6 Å². The molecule has 1 fully saturated rings. The summed E-state index contributed by atoms with van der Waals surface area (Å²) >= 11 is 0. The number of halogens is 1. The molecule has 0 amide bonds. The molecule has 0 bridgehead atoms. The Morgan fingerprint density at radius 2 is 2.00 bits per heavy atom. The van der Waals surface area contributed by atoms with Crippen LogP contribution in [0.1, 0.15) is 55.8 Å². The molecule has 0 saturated carbocycles. The van der Waals surface area contributed by atoms with Gasteiger partial charge >= 0.3 is 11.6 Å². The van der Waals surface area contributed by atoms with E-state index < -0.39 is 10.7 Å². The molecule has 11 nitrogen and oxygen atoms in total. The Balaban J connectivity index is 1.46. The van der Waals surface area contributed by atoms with Gasteiger partial charge in [0.1, 0.15) is 12.1 Å². The summed E-state index contributed by atoms with van der Waals surface area (Å²) in [6, 6.07) is 5.56. The average molecular weight is 469 g/mol. The number of nitrogens with one attached hydrogen (secondary N) is 1. The highest BCUT2D eigenvalue weighted by Gasteiger charge is 2.33. The molecule has 4 rings (SSSR count). The highest BCUT2D eigenvalue weighted by Crippen LogP contribution is 2.37. The van der Waals surface area contributed by atoms with Crippen molar-refractivity contribution in [1.29, 1.82) is 0 Å². The fourth-order valence-corrected chi connectivity index (χ4v) is 3.63. The average Bonchev–Trinajstić information content (AvgIpc) is 3.33. The SMILES string of the molecule is C=C(NOc1ncnc(N2CCC(c3nc(C(C)C)no3)CC2)c1[N+](=O)[O-])c1ccc(F)cc1. The number of anilines is 1. The van der Waals surface area contributed by atoms with Gasteiger partial charge < -0.3 is 14.3 Å². The molecule has 0 atom stereocenters. The number of rotatable bonds is 8. The molecule has 1 aliphatic heterocycles. The van der Waals surface area contributed by atoms with Crippen molar-refractivity contribution in [2.45, 2.75) is 38.5 Å². The summed E-state index contributed by atoms with van der Waals surface area (Å²) in [4.78, 5) is 31.1. The third-order valence-corrected chi connectivity index (χ3v) is 5.53. The van der Waals surface area contributed by atoms with Crippen molar-refractivity contribution >= 4 is 17.2 Å². The van der Waals surface area contributed by atoms with E-state index in [2.05, 4.69) is 32.2 Å². The fraction of sp³-hybridized carbons (Fsp3) is 0.364. The molecule has 1 aliphatic rings. The molecule has 178 valence electrons. The van der Waals surface area contributed by atoms with E-state index in [4.69, 9.17) is 9.36 Å². The predicted octanol–water partition coefficient (Wildman–Crippen LogP) is 3.97. The first-order valence-electron chi connectivity index (χ1n) is 10.8. The smallest absolute Gasteiger partial charge is 0.354 e. The van der Waals surface area contributed by atoms with E-state index in [0.29, 0.717) is 43.2 Å². The van der Waals surface area contributed by atoms with Gasteiger partial charge in [0.15, 0.2) is 5.82 Å². The molecule has 0 spiro atoms. The van der Waals surface area contributed by atoms with Crippen molar-refractivity contribution in [2.24, 2.45) is 0 Å². The lowest BCUT2D eigenvalue weighted by Crippen LogP contribution is -2.34. The maximum Gasteiger partial charge on any atom is 0.375 e. The zero-order valence-electron chi connectivity index (χ0n) is 18.8. The Kier molecular flexibility index (Phi) is 6.66. The van der Waals surface area contributed by atoms with Crippen LogP contribution in [0.25, 0.3) is 5.70 Å². The van der Waals surface area contributed by atoms with E-state index in [1.807, 2.05) is 18.7 Å². The van der Waals surface area contributed by atoms with Gasteiger partial charge in [-0.05, 0) is 37.1 Å². The summed E-state index contributed by atoms with van der Waals surface area (Å²) in [7, 11) is 0. The molecular weight excluding hydrogens is 445 g/mol. The van der Waals surface area contributed by atoms with Crippen LogP contribution in [0.5, 0.6) is 5.88 Å². The quantitative estimate of drug-likeness (QED) is 0.382. The van der Waals surface area contributed by atoms with Crippen molar-refractivity contribution in [3.05, 3.63) is 70.4 Å². The van der Waals surface area contributed by atoms with Gasteiger partial charge in [0.2, 0.25) is 11.7 Å². The third kappa shape index (κ3) is 4.95. The summed E-state index contributed by atoms with van der Waals surface area (Å²) < 4.78 is 18.5. The molecule has 2 aromatic heterocycles. The van der Waals surface area contributed by atoms with Gasteiger partial charge in [-0.1, -0.05) is 25.6 Å². The topological polar surface area (TPSA) is 132 Å². The maximum absolute atomic E-state index is 13.1. The number of hydroxylamine groups is 1. The number of hydrogen-bond acceptors (Lipinski definition) is 10. The van der Waals surface area contributed by atoms with Crippen molar-refractivity contribution in [3.63, 3.8) is 0 Å². The molecule has 3 heterocycles. The zero-order chi connectivity index (χ0) is 24.2. The van der Waals surface area contributed by atoms with Gasteiger partial charge in [-0.25, -0.2) is 14.9 Å². The Bertz CT molecular complexity index is 1170. The van der Waals surface area contributed by atoms with Crippen molar-refractivity contribution < 1.29 is 18.7 Å². The molecule has 0 radical (unpaired) electrons. The van der Waals surface area contributed by atoms with Crippen molar-refractivity contribution in [2.75, 3.05) is 18.0 Å². The lowest BCUT2D eigenvalue weighted by molar-refractivity contribution is -0.385. The Morgan fingerprint density at radius 3 is 2.62 bits per heavy atom. The second-order valence-corrected chi connectivity index (χ2v) is 8.20. The molecular formula is C22H24FN7O4. The van der Waals surface area contributed by atoms with Gasteiger partial charge in [-0.15, -0.1) is 0 Å². The van der Waals surface area contributed by atoms with Crippen LogP contribution in [0.4, 0.5) is 15.9 Å². The number of aromatic nitrogens is 4. The monoisotopic (exact) mass is 469 g/mol. The van der Waals surface area contributed by atoms with Crippen LogP contribution in [0.15, 0.2) is 41.7 Å². The largest absolute Gasteiger partial charge is 0.375 e. The van der Waals surface area contributed by atoms with Gasteiger partial charge in [-0.2, -0.15) is 9.97 Å². The van der Waals surface area contributed by atoms with Gasteiger partial charge in [-0.3, -0.25) is 10.1 Å². The first-order valence-corrected chi connectivity index (χ1v) is 10.8. The Labute approximate surface area is 194 Å². The molecule has 0 unspecified atom stereocenters. The van der Waals surface area contributed by atoms with Crippen LogP contribution in [0.2, 0.25) is 0 Å². The Morgan fingerprint density at radius 1 is 1.29 bits per heavy atom. The first-order chi connectivity index (χ1) is 16.3. The lowest BCUT2D eigenvalue weighted by Gasteiger charge is -2.30. The van der Waals surface area contributed by atoms with Gasteiger partial charge in [0, 0.05) is 30.5 Å². The van der Waals surface area contributed by atoms with Crippen LogP contribution in [-0.4, -0.2) is 38.1 Å². The second-order valence-electron chi connectivity index (χ2n) is 8.20. The normalized spacial score (nSPS) is 14.3. The van der Waals surface area contributed by atoms with Crippen LogP contribution in [0.3, 0.4) is 0 Å². The number of nitrogens with zero attached hydrogens (tertiary/aromatic N) is 6. The van der Waals surface area contributed by atoms with Crippen LogP contribution < -0.4 is 15.2 Å². The molecule has 1 saturated heterocycles. The molecule has 34 heavy (non-hydrogen) atoms. The molecule has 12 heteroatoms. The van der Waals surface area contributed by atoms with E-state index in [1.165, 1.54) is 30.6 Å². The highest BCUT2D eigenvalue weighted by atomic mass is 19.1. The zero-order valence-corrected chi connectivity index (χ0v) is 18.8. The Hall–Kier alpha value is -4.09. The van der Waals surface area contributed by atoms with E-state index in [9.17, 15) is 14.5 Å². The fourth-order valence-electron chi connectivity index (χ4n) is 3.63. The molecule has 0 aliphatic carbocycles. The lowest BCUT2D eigenvalue weighted by atomic mass is 9.96. The highest BCUT2D eigenvalue weighted by molar-refractivity contribution is 5.64. The molecule has 1 aromatic carbocycles. The number of nitro groups is 1. The summed E-state index contributed by atoms with van der Waals surface area (Å²) in [5.74, 6) is 1.03. The van der Waals surface area contributed by atoms with Gasteiger partial charge in [0.25, 0.3) is 0 Å². The van der Waals surface area contributed by atoms with Crippen LogP contribution in [0, 0.1) is 15.9 Å². The van der Waals surface area contributed by atoms with Crippen LogP contribution >= 0.6 is 0 Å². The van der Waals surface area contributed by atoms with Crippen LogP contribution in [-0.2, 0) is 0 Å². The first kappa shape index (κ1) is 23.1. The van der Waals surface area contributed by atoms with E-state index in [1.54, 1.807) is 0 Å². The van der Waals surface area contributed by atoms with E-state index in [-0.39, 0.29) is 34.9 Å². The van der Waals surface area contributed by atoms with Crippen molar-refractivity contribution in [3.8, 4) is 5.88 Å². The minimum Gasteiger partial charge on any atom is -0.354 e. The summed E-state index contributed by atoms with van der Waals surface area (Å²) in [6.45, 7) is 8.82. The summed E-state index contributed by atoms with van der Waals surface area (Å²) in [6.07, 6.45) is 2.56. The molecule has 3 aromatic rings. The second kappa shape index (κ2) is 9.81. The standard InChI is InChI=1S/C22H24FN7O4/c1-13(2)19-26-21(33-28-19)16-8-10-29(11-9-16)20-18(30(31)32)22(25-12-24-20)34-27-14(3)15-4-6-17(23)7-5-15/h4-7,12-13,16,27H,3,8-11H2,1-2H3. The minimum absolute atomic E-state index is 0.0774. The molecule has 1 N–H and O–H groups in total. The summed E-state index contributed by atoms with van der Waals surface area (Å²) in [5.41, 5.74) is 3.03. The third-order valence-electron chi connectivity index (χ3n) is 5.53. The predicted molar refractivity (Wildman–Crippen MR) is 120 cm³/mol. The van der Waals surface area contributed by atoms with E-state index in [0.717, 1.165) is 0 Å². The maximum atomic E-state index is 13.1. The minimum atomic E-state index is -0.577. The number of piperidine rings is 1. The number of benzene rings is 1. The van der Waals surface area contributed by atoms with E-state index >= 15 is 0 Å². The number of hydrogen-bond donors (Lipinski definition) is 1. The summed E-state index contributed by atoms with van der Waals surface area (Å²) in [5, 5.41) is 15.9.